The molecular formula is C12H16O3. The number of hydrogen-bond donors (Lipinski definition) is 1. The third-order valence-corrected chi connectivity index (χ3v) is 3.12. The molecule has 82 valence electrons. The molecular weight excluding hydrogens is 192 g/mol. The average molecular weight is 208 g/mol. The lowest BCUT2D eigenvalue weighted by atomic mass is 9.76. The second-order valence-electron chi connectivity index (χ2n) is 4.18. The Morgan fingerprint density at radius 3 is 3.07 bits per heavy atom. The van der Waals surface area contributed by atoms with Gasteiger partial charge in [0.25, 0.3) is 0 Å². The lowest BCUT2D eigenvalue weighted by Gasteiger charge is -2.36. The van der Waals surface area contributed by atoms with E-state index in [-0.39, 0.29) is 24.1 Å². The number of allylic oxidation sites excluding steroid dienone is 3. The number of hydrogen-bond acceptors (Lipinski definition) is 3. The third-order valence-electron chi connectivity index (χ3n) is 3.12. The Bertz CT molecular complexity index is 317. The number of ether oxygens (including phenoxy) is 1. The molecule has 0 aromatic rings. The van der Waals surface area contributed by atoms with Crippen molar-refractivity contribution in [2.75, 3.05) is 0 Å². The van der Waals surface area contributed by atoms with Crippen molar-refractivity contribution in [1.82, 2.24) is 0 Å². The summed E-state index contributed by atoms with van der Waals surface area (Å²) in [4.78, 5) is 10.9. The summed E-state index contributed by atoms with van der Waals surface area (Å²) in [5.41, 5.74) is 1.02. The van der Waals surface area contributed by atoms with Crippen LogP contribution in [0.1, 0.15) is 26.2 Å². The molecule has 1 N–H and O–H groups in total. The first kappa shape index (κ1) is 10.4. The number of aliphatic hydroxyl groups excluding tert-OH is 1. The molecule has 3 heteroatoms. The molecule has 2 unspecified atom stereocenters. The van der Waals surface area contributed by atoms with Gasteiger partial charge in [0.15, 0.2) is 0 Å². The molecule has 0 bridgehead atoms. The minimum atomic E-state index is -0.355. The van der Waals surface area contributed by atoms with Crippen LogP contribution in [0.15, 0.2) is 23.8 Å². The average Bonchev–Trinajstić information content (AvgIpc) is 2.22. The largest absolute Gasteiger partial charge is 0.462 e. The van der Waals surface area contributed by atoms with E-state index in [1.807, 2.05) is 12.2 Å². The van der Waals surface area contributed by atoms with E-state index < -0.39 is 0 Å². The summed E-state index contributed by atoms with van der Waals surface area (Å²) in [7, 11) is 0. The van der Waals surface area contributed by atoms with E-state index in [2.05, 4.69) is 6.08 Å². The third kappa shape index (κ3) is 2.12. The van der Waals surface area contributed by atoms with Crippen molar-refractivity contribution in [2.45, 2.75) is 38.4 Å². The molecule has 1 saturated carbocycles. The normalized spacial score (nSPS) is 34.3. The molecule has 0 spiro atoms. The molecule has 2 aliphatic carbocycles. The predicted octanol–water partition coefficient (Wildman–Crippen LogP) is 1.58. The van der Waals surface area contributed by atoms with Gasteiger partial charge in [0, 0.05) is 12.8 Å². The summed E-state index contributed by atoms with van der Waals surface area (Å²) >= 11 is 0. The molecule has 0 heterocycles. The quantitative estimate of drug-likeness (QED) is 0.665. The van der Waals surface area contributed by atoms with E-state index in [0.29, 0.717) is 6.42 Å². The highest BCUT2D eigenvalue weighted by atomic mass is 16.5. The molecule has 0 aromatic heterocycles. The molecule has 2 aliphatic rings. The van der Waals surface area contributed by atoms with Gasteiger partial charge in [-0.25, -0.2) is 0 Å². The Morgan fingerprint density at radius 1 is 1.53 bits per heavy atom. The SMILES string of the molecule is CC(=O)OC1CC[C@H](O)C2=CC=CCC21. The van der Waals surface area contributed by atoms with Gasteiger partial charge in [-0.05, 0) is 24.8 Å². The maximum atomic E-state index is 10.9. The second-order valence-corrected chi connectivity index (χ2v) is 4.18. The molecule has 3 nitrogen and oxygen atoms in total. The fourth-order valence-corrected chi connectivity index (χ4v) is 2.43. The zero-order valence-electron chi connectivity index (χ0n) is 8.85. The van der Waals surface area contributed by atoms with Gasteiger partial charge < -0.3 is 9.84 Å². The molecule has 0 aromatic carbocycles. The van der Waals surface area contributed by atoms with Gasteiger partial charge in [-0.3, -0.25) is 4.79 Å². The topological polar surface area (TPSA) is 46.5 Å². The minimum absolute atomic E-state index is 0.0536. The number of carbonyl (C=O) groups excluding carboxylic acids is 1. The zero-order valence-corrected chi connectivity index (χ0v) is 8.85. The Morgan fingerprint density at radius 2 is 2.33 bits per heavy atom. The first-order valence-corrected chi connectivity index (χ1v) is 5.40. The van der Waals surface area contributed by atoms with Gasteiger partial charge >= 0.3 is 5.97 Å². The Kier molecular flexibility index (Phi) is 2.91. The van der Waals surface area contributed by atoms with E-state index in [1.165, 1.54) is 6.92 Å². The van der Waals surface area contributed by atoms with Crippen molar-refractivity contribution in [1.29, 1.82) is 0 Å². The lowest BCUT2D eigenvalue weighted by molar-refractivity contribution is -0.150. The van der Waals surface area contributed by atoms with Crippen LogP contribution >= 0.6 is 0 Å². The summed E-state index contributed by atoms with van der Waals surface area (Å²) in [6.45, 7) is 1.44. The lowest BCUT2D eigenvalue weighted by Crippen LogP contribution is -2.37. The molecule has 0 aliphatic heterocycles. The van der Waals surface area contributed by atoms with Gasteiger partial charge in [-0.1, -0.05) is 18.2 Å². The van der Waals surface area contributed by atoms with Crippen LogP contribution in [-0.2, 0) is 9.53 Å². The number of carbonyl (C=O) groups is 1. The predicted molar refractivity (Wildman–Crippen MR) is 56.1 cm³/mol. The summed E-state index contributed by atoms with van der Waals surface area (Å²) in [5, 5.41) is 9.81. The first-order chi connectivity index (χ1) is 7.18. The number of rotatable bonds is 1. The van der Waals surface area contributed by atoms with Crippen LogP contribution in [0.3, 0.4) is 0 Å². The number of aliphatic hydroxyl groups is 1. The van der Waals surface area contributed by atoms with Gasteiger partial charge in [0.05, 0.1) is 6.10 Å². The van der Waals surface area contributed by atoms with E-state index in [9.17, 15) is 9.90 Å². The Balaban J connectivity index is 2.14. The monoisotopic (exact) mass is 208 g/mol. The highest BCUT2D eigenvalue weighted by Crippen LogP contribution is 2.36. The van der Waals surface area contributed by atoms with Crippen LogP contribution in [0.5, 0.6) is 0 Å². The van der Waals surface area contributed by atoms with E-state index in [0.717, 1.165) is 18.4 Å². The standard InChI is InChI=1S/C12H16O3/c1-8(13)15-12-7-6-11(14)9-4-2-3-5-10(9)12/h2-4,10-12,14H,5-7H2,1H3/t10?,11-,12?/m0/s1. The zero-order chi connectivity index (χ0) is 10.8. The minimum Gasteiger partial charge on any atom is -0.462 e. The second kappa shape index (κ2) is 4.19. The van der Waals surface area contributed by atoms with E-state index in [4.69, 9.17) is 4.74 Å². The van der Waals surface area contributed by atoms with Gasteiger partial charge in [-0.2, -0.15) is 0 Å². The van der Waals surface area contributed by atoms with Crippen molar-refractivity contribution in [3.05, 3.63) is 23.8 Å². The number of esters is 1. The van der Waals surface area contributed by atoms with E-state index >= 15 is 0 Å². The first-order valence-electron chi connectivity index (χ1n) is 5.40. The number of fused-ring (bicyclic) bond motifs is 1. The van der Waals surface area contributed by atoms with Crippen LogP contribution in [0.4, 0.5) is 0 Å². The van der Waals surface area contributed by atoms with Gasteiger partial charge in [0.2, 0.25) is 0 Å². The molecule has 0 saturated heterocycles. The summed E-state index contributed by atoms with van der Waals surface area (Å²) in [6, 6.07) is 0. The Labute approximate surface area is 89.4 Å². The molecule has 0 radical (unpaired) electrons. The van der Waals surface area contributed by atoms with Gasteiger partial charge in [0.1, 0.15) is 6.10 Å². The molecule has 0 amide bonds. The van der Waals surface area contributed by atoms with Crippen molar-refractivity contribution in [2.24, 2.45) is 5.92 Å². The molecule has 15 heavy (non-hydrogen) atoms. The van der Waals surface area contributed by atoms with Gasteiger partial charge in [-0.15, -0.1) is 0 Å². The van der Waals surface area contributed by atoms with Crippen molar-refractivity contribution in [3.8, 4) is 0 Å². The van der Waals surface area contributed by atoms with Crippen molar-refractivity contribution < 1.29 is 14.6 Å². The molecule has 1 fully saturated rings. The van der Waals surface area contributed by atoms with E-state index in [1.54, 1.807) is 0 Å². The summed E-state index contributed by atoms with van der Waals surface area (Å²) in [5.74, 6) is -0.0482. The summed E-state index contributed by atoms with van der Waals surface area (Å²) < 4.78 is 5.28. The maximum Gasteiger partial charge on any atom is 0.302 e. The van der Waals surface area contributed by atoms with Crippen LogP contribution in [-0.4, -0.2) is 23.3 Å². The van der Waals surface area contributed by atoms with Crippen molar-refractivity contribution in [3.63, 3.8) is 0 Å². The smallest absolute Gasteiger partial charge is 0.302 e. The highest BCUT2D eigenvalue weighted by molar-refractivity contribution is 5.66. The van der Waals surface area contributed by atoms with Crippen molar-refractivity contribution >= 4 is 5.97 Å². The van der Waals surface area contributed by atoms with Crippen LogP contribution in [0, 0.1) is 5.92 Å². The fourth-order valence-electron chi connectivity index (χ4n) is 2.43. The maximum absolute atomic E-state index is 10.9. The van der Waals surface area contributed by atoms with Crippen LogP contribution in [0.25, 0.3) is 0 Å². The molecule has 2 rings (SSSR count). The summed E-state index contributed by atoms with van der Waals surface area (Å²) in [6.07, 6.45) is 7.88. The fraction of sp³-hybridized carbons (Fsp3) is 0.583. The van der Waals surface area contributed by atoms with Crippen LogP contribution < -0.4 is 0 Å². The van der Waals surface area contributed by atoms with Crippen LogP contribution in [0.2, 0.25) is 0 Å². The highest BCUT2D eigenvalue weighted by Gasteiger charge is 2.35. The molecule has 3 atom stereocenters. The Hall–Kier alpha value is -1.09.